The number of nitrogens with one attached hydrogen (secondary N) is 1. The SMILES string of the molecule is C#C/C=C(\C=C/COC#N)C(=O)N(CCNC=O)CCC(C)CC. The lowest BCUT2D eigenvalue weighted by molar-refractivity contribution is -0.127. The lowest BCUT2D eigenvalue weighted by atomic mass is 10.0. The molecule has 1 N–H and O–H groups in total. The second-order valence-electron chi connectivity index (χ2n) is 5.24. The van der Waals surface area contributed by atoms with Crippen molar-refractivity contribution in [3.05, 3.63) is 23.8 Å². The third-order valence-corrected chi connectivity index (χ3v) is 3.51. The number of carbonyl (C=O) groups excluding carboxylic acids is 2. The maximum atomic E-state index is 12.7. The lowest BCUT2D eigenvalue weighted by Crippen LogP contribution is -2.38. The minimum absolute atomic E-state index is 0.0747. The minimum atomic E-state index is -0.211. The van der Waals surface area contributed by atoms with E-state index in [1.165, 1.54) is 6.08 Å². The van der Waals surface area contributed by atoms with Crippen LogP contribution in [0.4, 0.5) is 0 Å². The van der Waals surface area contributed by atoms with Crippen LogP contribution in [0.5, 0.6) is 0 Å². The van der Waals surface area contributed by atoms with Gasteiger partial charge >= 0.3 is 0 Å². The van der Waals surface area contributed by atoms with E-state index < -0.39 is 0 Å². The van der Waals surface area contributed by atoms with Gasteiger partial charge in [-0.15, -0.1) is 6.42 Å². The molecular weight excluding hydrogens is 306 g/mol. The predicted molar refractivity (Wildman–Crippen MR) is 92.3 cm³/mol. The first-order valence-electron chi connectivity index (χ1n) is 7.90. The lowest BCUT2D eigenvalue weighted by Gasteiger charge is -2.24. The molecule has 1 unspecified atom stereocenters. The van der Waals surface area contributed by atoms with E-state index in [4.69, 9.17) is 11.7 Å². The standard InChI is InChI=1S/C18H25N3O3/c1-4-7-17(8-6-13-24-14-19)18(23)21(12-10-20-15-22)11-9-16(3)5-2/h1,6-8,15-16H,5,9-13H2,2-3H3,(H,20,22)/b8-6-,17-7+. The molecule has 6 heteroatoms. The average Bonchev–Trinajstić information content (AvgIpc) is 2.59. The zero-order valence-electron chi connectivity index (χ0n) is 14.3. The number of rotatable bonds is 12. The van der Waals surface area contributed by atoms with Crippen molar-refractivity contribution >= 4 is 12.3 Å². The second-order valence-corrected chi connectivity index (χ2v) is 5.24. The summed E-state index contributed by atoms with van der Waals surface area (Å²) in [5.41, 5.74) is 0.342. The number of hydrogen-bond acceptors (Lipinski definition) is 4. The molecule has 0 bridgehead atoms. The molecule has 0 aliphatic rings. The van der Waals surface area contributed by atoms with Gasteiger partial charge in [0, 0.05) is 31.3 Å². The first-order valence-corrected chi connectivity index (χ1v) is 7.90. The molecule has 0 rings (SSSR count). The molecule has 24 heavy (non-hydrogen) atoms. The maximum Gasteiger partial charge on any atom is 0.286 e. The summed E-state index contributed by atoms with van der Waals surface area (Å²) in [6.45, 7) is 5.67. The van der Waals surface area contributed by atoms with E-state index in [9.17, 15) is 9.59 Å². The normalized spacial score (nSPS) is 12.1. The fourth-order valence-corrected chi connectivity index (χ4v) is 1.87. The predicted octanol–water partition coefficient (Wildman–Crippen LogP) is 1.61. The van der Waals surface area contributed by atoms with E-state index in [2.05, 4.69) is 29.8 Å². The summed E-state index contributed by atoms with van der Waals surface area (Å²) in [6, 6.07) is 0. The summed E-state index contributed by atoms with van der Waals surface area (Å²) in [4.78, 5) is 24.8. The van der Waals surface area contributed by atoms with Crippen molar-refractivity contribution in [2.45, 2.75) is 26.7 Å². The summed E-state index contributed by atoms with van der Waals surface area (Å²) in [5, 5.41) is 10.9. The Kier molecular flexibility index (Phi) is 12.3. The third kappa shape index (κ3) is 9.32. The first kappa shape index (κ1) is 21.3. The summed E-state index contributed by atoms with van der Waals surface area (Å²) >= 11 is 0. The van der Waals surface area contributed by atoms with Crippen molar-refractivity contribution in [2.75, 3.05) is 26.2 Å². The zero-order valence-corrected chi connectivity index (χ0v) is 14.3. The summed E-state index contributed by atoms with van der Waals surface area (Å²) in [6.07, 6.45) is 13.8. The number of nitriles is 1. The van der Waals surface area contributed by atoms with Gasteiger partial charge in [-0.1, -0.05) is 26.2 Å². The fourth-order valence-electron chi connectivity index (χ4n) is 1.87. The third-order valence-electron chi connectivity index (χ3n) is 3.51. The van der Waals surface area contributed by atoms with E-state index >= 15 is 0 Å². The minimum Gasteiger partial charge on any atom is -0.423 e. The molecule has 0 aromatic heterocycles. The number of terminal acetylenes is 1. The Bertz CT molecular complexity index is 527. The molecule has 2 amide bonds. The van der Waals surface area contributed by atoms with Gasteiger partial charge in [0.1, 0.15) is 6.61 Å². The van der Waals surface area contributed by atoms with Crippen molar-refractivity contribution in [3.63, 3.8) is 0 Å². The molecule has 0 radical (unpaired) electrons. The monoisotopic (exact) mass is 331 g/mol. The molecule has 0 spiro atoms. The Hall–Kier alpha value is -2.73. The van der Waals surface area contributed by atoms with E-state index in [1.54, 1.807) is 23.3 Å². The number of allylic oxidation sites excluding steroid dienone is 1. The molecule has 0 aromatic carbocycles. The van der Waals surface area contributed by atoms with Gasteiger partial charge in [-0.05, 0) is 24.5 Å². The van der Waals surface area contributed by atoms with Crippen molar-refractivity contribution in [1.29, 1.82) is 5.26 Å². The summed E-state index contributed by atoms with van der Waals surface area (Å²) in [7, 11) is 0. The highest BCUT2D eigenvalue weighted by Crippen LogP contribution is 2.11. The molecule has 0 saturated heterocycles. The van der Waals surface area contributed by atoms with Crippen LogP contribution in [0.2, 0.25) is 0 Å². The molecule has 6 nitrogen and oxygen atoms in total. The topological polar surface area (TPSA) is 82.4 Å². The molecule has 1 atom stereocenters. The van der Waals surface area contributed by atoms with Gasteiger partial charge in [0.2, 0.25) is 6.41 Å². The largest absolute Gasteiger partial charge is 0.423 e. The molecule has 0 saturated carbocycles. The van der Waals surface area contributed by atoms with Crippen molar-refractivity contribution in [2.24, 2.45) is 5.92 Å². The molecule has 0 aromatic rings. The van der Waals surface area contributed by atoms with Crippen LogP contribution in [0.3, 0.4) is 0 Å². The molecule has 0 aliphatic carbocycles. The van der Waals surface area contributed by atoms with Crippen LogP contribution < -0.4 is 5.32 Å². The van der Waals surface area contributed by atoms with Gasteiger partial charge in [-0.25, -0.2) is 0 Å². The Morgan fingerprint density at radius 2 is 2.21 bits per heavy atom. The van der Waals surface area contributed by atoms with Crippen LogP contribution in [0.1, 0.15) is 26.7 Å². The first-order chi connectivity index (χ1) is 11.6. The van der Waals surface area contributed by atoms with Gasteiger partial charge in [0.15, 0.2) is 0 Å². The van der Waals surface area contributed by atoms with Crippen LogP contribution in [0.15, 0.2) is 23.8 Å². The van der Waals surface area contributed by atoms with Gasteiger partial charge < -0.3 is 15.0 Å². The van der Waals surface area contributed by atoms with Crippen LogP contribution in [-0.4, -0.2) is 43.5 Å². The van der Waals surface area contributed by atoms with Crippen LogP contribution in [-0.2, 0) is 14.3 Å². The number of hydrogen-bond donors (Lipinski definition) is 1. The molecule has 0 heterocycles. The smallest absolute Gasteiger partial charge is 0.286 e. The van der Waals surface area contributed by atoms with Crippen molar-refractivity contribution in [1.82, 2.24) is 10.2 Å². The quantitative estimate of drug-likeness (QED) is 0.147. The number of carbonyl (C=O) groups is 2. The highest BCUT2D eigenvalue weighted by atomic mass is 16.5. The summed E-state index contributed by atoms with van der Waals surface area (Å²) in [5.74, 6) is 2.64. The average molecular weight is 331 g/mol. The molecular formula is C18H25N3O3. The van der Waals surface area contributed by atoms with Crippen LogP contribution in [0, 0.1) is 29.8 Å². The fraction of sp³-hybridized carbons (Fsp3) is 0.500. The maximum absolute atomic E-state index is 12.7. The number of nitrogens with zero attached hydrogens (tertiary/aromatic N) is 2. The van der Waals surface area contributed by atoms with Crippen LogP contribution >= 0.6 is 0 Å². The van der Waals surface area contributed by atoms with Crippen molar-refractivity contribution in [3.8, 4) is 18.6 Å². The van der Waals surface area contributed by atoms with Crippen LogP contribution in [0.25, 0.3) is 0 Å². The Balaban J connectivity index is 5.01. The highest BCUT2D eigenvalue weighted by Gasteiger charge is 2.16. The van der Waals surface area contributed by atoms with Gasteiger partial charge in [-0.3, -0.25) is 9.59 Å². The van der Waals surface area contributed by atoms with Gasteiger partial charge in [0.25, 0.3) is 12.2 Å². The number of ether oxygens (including phenoxy) is 1. The Morgan fingerprint density at radius 3 is 2.79 bits per heavy atom. The Labute approximate surface area is 144 Å². The molecule has 0 aliphatic heterocycles. The van der Waals surface area contributed by atoms with Gasteiger partial charge in [0.05, 0.1) is 0 Å². The Morgan fingerprint density at radius 1 is 1.46 bits per heavy atom. The van der Waals surface area contributed by atoms with E-state index in [0.717, 1.165) is 12.8 Å². The molecule has 130 valence electrons. The van der Waals surface area contributed by atoms with Crippen molar-refractivity contribution < 1.29 is 14.3 Å². The van der Waals surface area contributed by atoms with E-state index in [1.807, 2.05) is 0 Å². The van der Waals surface area contributed by atoms with E-state index in [-0.39, 0.29) is 12.5 Å². The molecule has 0 fully saturated rings. The second kappa shape index (κ2) is 13.9. The highest BCUT2D eigenvalue weighted by molar-refractivity contribution is 5.96. The zero-order chi connectivity index (χ0) is 18.2. The number of amides is 2. The summed E-state index contributed by atoms with van der Waals surface area (Å²) < 4.78 is 4.54. The van der Waals surface area contributed by atoms with E-state index in [0.29, 0.717) is 37.5 Å². The van der Waals surface area contributed by atoms with Gasteiger partial charge in [-0.2, -0.15) is 5.26 Å².